The van der Waals surface area contributed by atoms with Gasteiger partial charge in [0.15, 0.2) is 0 Å². The molecule has 0 spiro atoms. The van der Waals surface area contributed by atoms with Crippen LogP contribution in [0, 0.1) is 0 Å². The molecule has 0 aromatic heterocycles. The zero-order chi connectivity index (χ0) is 15.1. The van der Waals surface area contributed by atoms with Gasteiger partial charge in [0.2, 0.25) is 0 Å². The van der Waals surface area contributed by atoms with Gasteiger partial charge in [-0.25, -0.2) is 0 Å². The van der Waals surface area contributed by atoms with Crippen LogP contribution in [-0.2, 0) is 6.54 Å². The predicted octanol–water partition coefficient (Wildman–Crippen LogP) is 4.64. The van der Waals surface area contributed by atoms with E-state index in [1.807, 2.05) is 12.1 Å². The molecule has 2 heteroatoms. The molecule has 0 fully saturated rings. The molecule has 112 valence electrons. The molecular formula is C19H25NO. The van der Waals surface area contributed by atoms with Crippen molar-refractivity contribution in [2.24, 2.45) is 0 Å². The lowest BCUT2D eigenvalue weighted by atomic mass is 9.98. The van der Waals surface area contributed by atoms with E-state index in [9.17, 15) is 0 Å². The largest absolute Gasteiger partial charge is 0.490 e. The fourth-order valence-corrected chi connectivity index (χ4v) is 2.38. The zero-order valence-electron chi connectivity index (χ0n) is 13.2. The summed E-state index contributed by atoms with van der Waals surface area (Å²) in [5.41, 5.74) is 3.73. The Hall–Kier alpha value is -1.80. The summed E-state index contributed by atoms with van der Waals surface area (Å²) in [7, 11) is 0. The first-order valence-corrected chi connectivity index (χ1v) is 7.77. The predicted molar refractivity (Wildman–Crippen MR) is 89.6 cm³/mol. The van der Waals surface area contributed by atoms with Crippen LogP contribution < -0.4 is 10.1 Å². The van der Waals surface area contributed by atoms with Gasteiger partial charge in [0, 0.05) is 12.1 Å². The summed E-state index contributed by atoms with van der Waals surface area (Å²) in [4.78, 5) is 0. The van der Waals surface area contributed by atoms with Crippen molar-refractivity contribution in [3.05, 3.63) is 54.1 Å². The first-order valence-electron chi connectivity index (χ1n) is 7.77. The smallest absolute Gasteiger partial charge is 0.127 e. The van der Waals surface area contributed by atoms with Gasteiger partial charge in [0.1, 0.15) is 5.75 Å². The lowest BCUT2D eigenvalue weighted by molar-refractivity contribution is 0.243. The molecule has 0 aliphatic rings. The Labute approximate surface area is 128 Å². The molecule has 0 atom stereocenters. The first kappa shape index (κ1) is 15.6. The van der Waals surface area contributed by atoms with Gasteiger partial charge >= 0.3 is 0 Å². The van der Waals surface area contributed by atoms with Crippen molar-refractivity contribution in [2.45, 2.75) is 39.8 Å². The number of hydrogen-bond acceptors (Lipinski definition) is 2. The van der Waals surface area contributed by atoms with E-state index in [2.05, 4.69) is 62.5 Å². The van der Waals surface area contributed by atoms with Crippen LogP contribution in [0.25, 0.3) is 11.1 Å². The molecule has 0 saturated heterocycles. The van der Waals surface area contributed by atoms with Crippen LogP contribution in [0.4, 0.5) is 0 Å². The van der Waals surface area contributed by atoms with Crippen LogP contribution in [0.5, 0.6) is 5.75 Å². The van der Waals surface area contributed by atoms with Crippen LogP contribution in [-0.4, -0.2) is 12.6 Å². The minimum absolute atomic E-state index is 0.177. The highest BCUT2D eigenvalue weighted by molar-refractivity contribution is 5.73. The molecule has 0 saturated carbocycles. The Bertz CT molecular complexity index is 563. The number of benzene rings is 2. The highest BCUT2D eigenvalue weighted by Crippen LogP contribution is 2.32. The molecule has 0 heterocycles. The van der Waals surface area contributed by atoms with Gasteiger partial charge in [-0.2, -0.15) is 0 Å². The second-order valence-electron chi connectivity index (χ2n) is 5.50. The second-order valence-corrected chi connectivity index (χ2v) is 5.50. The molecule has 2 aromatic carbocycles. The summed E-state index contributed by atoms with van der Waals surface area (Å²) in [5.74, 6) is 0.954. The Balaban J connectivity index is 2.33. The van der Waals surface area contributed by atoms with Crippen molar-refractivity contribution >= 4 is 0 Å². The molecule has 2 nitrogen and oxygen atoms in total. The van der Waals surface area contributed by atoms with Crippen LogP contribution >= 0.6 is 0 Å². The molecule has 2 rings (SSSR count). The normalized spacial score (nSPS) is 10.9. The first-order chi connectivity index (χ1) is 10.2. The van der Waals surface area contributed by atoms with E-state index in [4.69, 9.17) is 4.74 Å². The third-order valence-corrected chi connectivity index (χ3v) is 3.30. The molecule has 21 heavy (non-hydrogen) atoms. The molecule has 1 N–H and O–H groups in total. The maximum atomic E-state index is 5.96. The lowest BCUT2D eigenvalue weighted by Gasteiger charge is -2.17. The Morgan fingerprint density at radius 2 is 1.62 bits per heavy atom. The number of hydrogen-bond donors (Lipinski definition) is 1. The van der Waals surface area contributed by atoms with Crippen molar-refractivity contribution in [1.29, 1.82) is 0 Å². The molecule has 0 radical (unpaired) electrons. The molecule has 0 amide bonds. The van der Waals surface area contributed by atoms with Gasteiger partial charge in [-0.3, -0.25) is 0 Å². The summed E-state index contributed by atoms with van der Waals surface area (Å²) in [6, 6.07) is 16.8. The van der Waals surface area contributed by atoms with Crippen molar-refractivity contribution < 1.29 is 4.74 Å². The fraction of sp³-hybridized carbons (Fsp3) is 0.368. The van der Waals surface area contributed by atoms with Crippen molar-refractivity contribution in [2.75, 3.05) is 6.54 Å². The van der Waals surface area contributed by atoms with Crippen LogP contribution in [0.2, 0.25) is 0 Å². The number of para-hydroxylation sites is 1. The van der Waals surface area contributed by atoms with E-state index in [1.54, 1.807) is 0 Å². The van der Waals surface area contributed by atoms with E-state index >= 15 is 0 Å². The molecule has 0 unspecified atom stereocenters. The van der Waals surface area contributed by atoms with Crippen molar-refractivity contribution in [3.8, 4) is 16.9 Å². The topological polar surface area (TPSA) is 21.3 Å². The third kappa shape index (κ3) is 4.33. The van der Waals surface area contributed by atoms with E-state index in [0.29, 0.717) is 0 Å². The standard InChI is InChI=1S/C19H25NO/c1-4-13-20-14-16-9-5-6-10-17(16)18-11-7-8-12-19(18)21-15(2)3/h5-12,15,20H,4,13-14H2,1-3H3. The van der Waals surface area contributed by atoms with Crippen LogP contribution in [0.1, 0.15) is 32.8 Å². The fourth-order valence-electron chi connectivity index (χ4n) is 2.38. The molecule has 0 aliphatic carbocycles. The van der Waals surface area contributed by atoms with Gasteiger partial charge in [-0.15, -0.1) is 0 Å². The number of rotatable bonds is 7. The highest BCUT2D eigenvalue weighted by Gasteiger charge is 2.10. The summed E-state index contributed by atoms with van der Waals surface area (Å²) in [6.07, 6.45) is 1.33. The Morgan fingerprint density at radius 1 is 0.952 bits per heavy atom. The average Bonchev–Trinajstić information content (AvgIpc) is 2.48. The Morgan fingerprint density at radius 3 is 2.33 bits per heavy atom. The summed E-state index contributed by atoms with van der Waals surface area (Å²) < 4.78 is 5.96. The van der Waals surface area contributed by atoms with Gasteiger partial charge in [-0.1, -0.05) is 49.4 Å². The van der Waals surface area contributed by atoms with Gasteiger partial charge in [0.05, 0.1) is 6.10 Å². The quantitative estimate of drug-likeness (QED) is 0.747. The van der Waals surface area contributed by atoms with Gasteiger partial charge < -0.3 is 10.1 Å². The third-order valence-electron chi connectivity index (χ3n) is 3.30. The van der Waals surface area contributed by atoms with E-state index in [0.717, 1.165) is 25.3 Å². The van der Waals surface area contributed by atoms with Crippen LogP contribution in [0.15, 0.2) is 48.5 Å². The number of ether oxygens (including phenoxy) is 1. The summed E-state index contributed by atoms with van der Waals surface area (Å²) >= 11 is 0. The second kappa shape index (κ2) is 7.84. The minimum Gasteiger partial charge on any atom is -0.490 e. The van der Waals surface area contributed by atoms with Gasteiger partial charge in [0.25, 0.3) is 0 Å². The SMILES string of the molecule is CCCNCc1ccccc1-c1ccccc1OC(C)C. The molecule has 0 bridgehead atoms. The lowest BCUT2D eigenvalue weighted by Crippen LogP contribution is -2.14. The van der Waals surface area contributed by atoms with E-state index in [-0.39, 0.29) is 6.10 Å². The van der Waals surface area contributed by atoms with E-state index in [1.165, 1.54) is 16.7 Å². The molecule has 0 aliphatic heterocycles. The average molecular weight is 283 g/mol. The van der Waals surface area contributed by atoms with E-state index < -0.39 is 0 Å². The Kier molecular flexibility index (Phi) is 5.82. The maximum absolute atomic E-state index is 5.96. The van der Waals surface area contributed by atoms with Crippen molar-refractivity contribution in [3.63, 3.8) is 0 Å². The molecule has 2 aromatic rings. The van der Waals surface area contributed by atoms with Crippen molar-refractivity contribution in [1.82, 2.24) is 5.32 Å². The monoisotopic (exact) mass is 283 g/mol. The summed E-state index contributed by atoms with van der Waals surface area (Å²) in [6.45, 7) is 8.24. The maximum Gasteiger partial charge on any atom is 0.127 e. The summed E-state index contributed by atoms with van der Waals surface area (Å²) in [5, 5.41) is 3.48. The zero-order valence-corrected chi connectivity index (χ0v) is 13.2. The van der Waals surface area contributed by atoms with Gasteiger partial charge in [-0.05, 0) is 44.0 Å². The number of nitrogens with one attached hydrogen (secondary N) is 1. The molecular weight excluding hydrogens is 258 g/mol. The minimum atomic E-state index is 0.177. The van der Waals surface area contributed by atoms with Crippen LogP contribution in [0.3, 0.4) is 0 Å². The highest BCUT2D eigenvalue weighted by atomic mass is 16.5.